The maximum Gasteiger partial charge on any atom is 0.129 e. The topological polar surface area (TPSA) is 12.0 Å². The summed E-state index contributed by atoms with van der Waals surface area (Å²) in [7, 11) is 0. The molecule has 1 nitrogen and oxygen atoms in total. The lowest BCUT2D eigenvalue weighted by molar-refractivity contribution is 0.366. The molecule has 5 unspecified atom stereocenters. The van der Waals surface area contributed by atoms with E-state index >= 15 is 0 Å². The van der Waals surface area contributed by atoms with E-state index in [1.54, 1.807) is 0 Å². The minimum Gasteiger partial charge on any atom is -0.310 e. The van der Waals surface area contributed by atoms with E-state index in [4.69, 9.17) is 11.6 Å². The Balaban J connectivity index is 1.62. The van der Waals surface area contributed by atoms with Gasteiger partial charge >= 0.3 is 0 Å². The van der Waals surface area contributed by atoms with Gasteiger partial charge < -0.3 is 5.32 Å². The van der Waals surface area contributed by atoms with Crippen LogP contribution in [0.2, 0.25) is 5.02 Å². The van der Waals surface area contributed by atoms with Gasteiger partial charge in [0.15, 0.2) is 0 Å². The second kappa shape index (κ2) is 4.71. The Kier molecular flexibility index (Phi) is 3.08. The van der Waals surface area contributed by atoms with Crippen molar-refractivity contribution in [1.82, 2.24) is 5.32 Å². The first-order chi connectivity index (χ1) is 9.70. The third kappa shape index (κ3) is 1.84. The molecule has 2 bridgehead atoms. The fourth-order valence-electron chi connectivity index (χ4n) is 5.27. The van der Waals surface area contributed by atoms with Crippen LogP contribution < -0.4 is 5.32 Å². The Morgan fingerprint density at radius 1 is 1.30 bits per heavy atom. The van der Waals surface area contributed by atoms with E-state index < -0.39 is 0 Å². The van der Waals surface area contributed by atoms with Crippen molar-refractivity contribution in [3.63, 3.8) is 0 Å². The molecule has 3 heteroatoms. The monoisotopic (exact) mass is 293 g/mol. The van der Waals surface area contributed by atoms with Crippen molar-refractivity contribution < 1.29 is 4.39 Å². The zero-order valence-electron chi connectivity index (χ0n) is 11.8. The van der Waals surface area contributed by atoms with Gasteiger partial charge in [0, 0.05) is 16.6 Å². The fourth-order valence-corrected chi connectivity index (χ4v) is 5.42. The van der Waals surface area contributed by atoms with Gasteiger partial charge in [0.2, 0.25) is 0 Å². The lowest BCUT2D eigenvalue weighted by Crippen LogP contribution is -2.26. The Labute approximate surface area is 124 Å². The van der Waals surface area contributed by atoms with E-state index in [1.165, 1.54) is 25.3 Å². The molecular weight excluding hydrogens is 273 g/mol. The highest BCUT2D eigenvalue weighted by Crippen LogP contribution is 2.72. The second-order valence-corrected chi connectivity index (χ2v) is 7.20. The molecule has 3 fully saturated rings. The Hall–Kier alpha value is -0.600. The van der Waals surface area contributed by atoms with Crippen molar-refractivity contribution in [3.8, 4) is 0 Å². The summed E-state index contributed by atoms with van der Waals surface area (Å²) >= 11 is 5.89. The third-order valence-corrected chi connectivity index (χ3v) is 6.14. The molecule has 3 saturated carbocycles. The highest BCUT2D eigenvalue weighted by atomic mass is 35.5. The summed E-state index contributed by atoms with van der Waals surface area (Å²) in [4.78, 5) is 0. The van der Waals surface area contributed by atoms with Crippen LogP contribution >= 0.6 is 11.6 Å². The molecule has 0 amide bonds. The van der Waals surface area contributed by atoms with E-state index in [1.807, 2.05) is 12.1 Å². The summed E-state index contributed by atoms with van der Waals surface area (Å²) in [5.74, 6) is 4.05. The summed E-state index contributed by atoms with van der Waals surface area (Å²) in [5.41, 5.74) is 0.815. The minimum atomic E-state index is -0.152. The quantitative estimate of drug-likeness (QED) is 0.866. The number of fused-ring (bicyclic) bond motifs is 5. The predicted molar refractivity (Wildman–Crippen MR) is 79.1 cm³/mol. The molecule has 0 aliphatic heterocycles. The average Bonchev–Trinajstić information content (AvgIpc) is 2.84. The third-order valence-electron chi connectivity index (χ3n) is 5.90. The molecular formula is C17H21ClFN. The summed E-state index contributed by atoms with van der Waals surface area (Å²) < 4.78 is 14.3. The normalized spacial score (nSPS) is 38.9. The van der Waals surface area contributed by atoms with Crippen LogP contribution in [0.4, 0.5) is 4.39 Å². The fraction of sp³-hybridized carbons (Fsp3) is 0.647. The molecule has 108 valence electrons. The molecule has 1 aromatic rings. The smallest absolute Gasteiger partial charge is 0.129 e. The Morgan fingerprint density at radius 3 is 2.60 bits per heavy atom. The van der Waals surface area contributed by atoms with Crippen LogP contribution in [-0.4, -0.2) is 6.54 Å². The SMILES string of the molecule is CCNC(c1ccc(Cl)cc1F)C1C2C3CCC(C3)C21. The van der Waals surface area contributed by atoms with Crippen LogP contribution in [0, 0.1) is 35.4 Å². The Bertz CT molecular complexity index is 516. The van der Waals surface area contributed by atoms with Crippen molar-refractivity contribution in [2.75, 3.05) is 6.54 Å². The molecule has 3 aliphatic rings. The highest BCUT2D eigenvalue weighted by molar-refractivity contribution is 6.30. The molecule has 4 rings (SSSR count). The lowest BCUT2D eigenvalue weighted by atomic mass is 9.92. The van der Waals surface area contributed by atoms with Gasteiger partial charge in [-0.25, -0.2) is 4.39 Å². The number of hydrogen-bond acceptors (Lipinski definition) is 1. The van der Waals surface area contributed by atoms with Gasteiger partial charge in [-0.05, 0) is 67.5 Å². The van der Waals surface area contributed by atoms with Gasteiger partial charge in [-0.2, -0.15) is 0 Å². The van der Waals surface area contributed by atoms with Crippen molar-refractivity contribution >= 4 is 11.6 Å². The number of hydrogen-bond donors (Lipinski definition) is 1. The van der Waals surface area contributed by atoms with Crippen molar-refractivity contribution in [3.05, 3.63) is 34.6 Å². The first-order valence-corrected chi connectivity index (χ1v) is 8.26. The number of halogens is 2. The lowest BCUT2D eigenvalue weighted by Gasteiger charge is -2.22. The summed E-state index contributed by atoms with van der Waals surface area (Å²) in [6, 6.07) is 5.32. The van der Waals surface area contributed by atoms with Crippen LogP contribution in [0.1, 0.15) is 37.8 Å². The molecule has 5 atom stereocenters. The average molecular weight is 294 g/mol. The van der Waals surface area contributed by atoms with Crippen molar-refractivity contribution in [2.45, 2.75) is 32.2 Å². The number of rotatable bonds is 4. The van der Waals surface area contributed by atoms with Gasteiger partial charge in [-0.3, -0.25) is 0 Å². The maximum absolute atomic E-state index is 14.3. The largest absolute Gasteiger partial charge is 0.310 e. The zero-order valence-corrected chi connectivity index (χ0v) is 12.5. The van der Waals surface area contributed by atoms with E-state index in [2.05, 4.69) is 12.2 Å². The second-order valence-electron chi connectivity index (χ2n) is 6.77. The minimum absolute atomic E-state index is 0.152. The van der Waals surface area contributed by atoms with Crippen molar-refractivity contribution in [1.29, 1.82) is 0 Å². The number of benzene rings is 1. The van der Waals surface area contributed by atoms with Gasteiger partial charge in [0.1, 0.15) is 5.82 Å². The van der Waals surface area contributed by atoms with Gasteiger partial charge in [0.05, 0.1) is 0 Å². The maximum atomic E-state index is 14.3. The molecule has 20 heavy (non-hydrogen) atoms. The van der Waals surface area contributed by atoms with Crippen LogP contribution in [0.5, 0.6) is 0 Å². The van der Waals surface area contributed by atoms with Crippen LogP contribution in [0.15, 0.2) is 18.2 Å². The summed E-state index contributed by atoms with van der Waals surface area (Å²) in [6.45, 7) is 2.99. The molecule has 0 saturated heterocycles. The summed E-state index contributed by atoms with van der Waals surface area (Å²) in [5, 5.41) is 4.02. The van der Waals surface area contributed by atoms with Gasteiger partial charge in [-0.1, -0.05) is 24.6 Å². The van der Waals surface area contributed by atoms with E-state index in [9.17, 15) is 4.39 Å². The predicted octanol–water partition coefficient (Wildman–Crippen LogP) is 4.42. The molecule has 1 N–H and O–H groups in total. The van der Waals surface area contributed by atoms with E-state index in [0.29, 0.717) is 10.9 Å². The summed E-state index contributed by atoms with van der Waals surface area (Å²) in [6.07, 6.45) is 4.25. The molecule has 0 radical (unpaired) electrons. The van der Waals surface area contributed by atoms with Gasteiger partial charge in [0.25, 0.3) is 0 Å². The number of nitrogens with one attached hydrogen (secondary N) is 1. The van der Waals surface area contributed by atoms with Crippen LogP contribution in [0.3, 0.4) is 0 Å². The molecule has 0 heterocycles. The highest BCUT2D eigenvalue weighted by Gasteiger charge is 2.66. The first-order valence-electron chi connectivity index (χ1n) is 7.89. The van der Waals surface area contributed by atoms with Crippen LogP contribution in [0.25, 0.3) is 0 Å². The molecule has 0 spiro atoms. The van der Waals surface area contributed by atoms with Crippen LogP contribution in [-0.2, 0) is 0 Å². The molecule has 1 aromatic carbocycles. The van der Waals surface area contributed by atoms with E-state index in [-0.39, 0.29) is 11.9 Å². The van der Waals surface area contributed by atoms with Crippen molar-refractivity contribution in [2.24, 2.45) is 29.6 Å². The first kappa shape index (κ1) is 13.1. The standard InChI is InChI=1S/C17H21ClFN/c1-2-20-17(12-6-5-11(18)8-13(12)19)16-14-9-3-4-10(7-9)15(14)16/h5-6,8-10,14-17,20H,2-4,7H2,1H3. The van der Waals surface area contributed by atoms with Gasteiger partial charge in [-0.15, -0.1) is 0 Å². The molecule has 0 aromatic heterocycles. The zero-order chi connectivity index (χ0) is 13.9. The Morgan fingerprint density at radius 2 is 2.00 bits per heavy atom. The van der Waals surface area contributed by atoms with E-state index in [0.717, 1.165) is 35.8 Å². The molecule has 3 aliphatic carbocycles.